The second-order valence-electron chi connectivity index (χ2n) is 9.18. The number of amides is 2. The van der Waals surface area contributed by atoms with Gasteiger partial charge >= 0.3 is 0 Å². The Morgan fingerprint density at radius 2 is 1.56 bits per heavy atom. The first-order chi connectivity index (χ1) is 17.5. The summed E-state index contributed by atoms with van der Waals surface area (Å²) >= 11 is 0. The summed E-state index contributed by atoms with van der Waals surface area (Å²) in [5.74, 6) is 1.11. The Morgan fingerprint density at radius 3 is 2.25 bits per heavy atom. The van der Waals surface area contributed by atoms with Crippen LogP contribution in [-0.4, -0.2) is 39.9 Å². The maximum atomic E-state index is 12.9. The molecule has 1 saturated heterocycles. The number of anilines is 1. The van der Waals surface area contributed by atoms with Gasteiger partial charge in [-0.25, -0.2) is 0 Å². The molecule has 0 spiro atoms. The number of benzene rings is 3. The van der Waals surface area contributed by atoms with E-state index in [9.17, 15) is 9.59 Å². The minimum Gasteiger partial charge on any atom is -0.339 e. The second kappa shape index (κ2) is 10.2. The first kappa shape index (κ1) is 23.5. The normalized spacial score (nSPS) is 14.0. The number of hydrogen-bond acceptors (Lipinski definition) is 5. The molecule has 1 aromatic heterocycles. The van der Waals surface area contributed by atoms with Crippen molar-refractivity contribution in [3.63, 3.8) is 0 Å². The molecule has 1 aliphatic rings. The highest BCUT2D eigenvalue weighted by Gasteiger charge is 2.28. The summed E-state index contributed by atoms with van der Waals surface area (Å²) < 4.78 is 5.58. The highest BCUT2D eigenvalue weighted by atomic mass is 16.5. The van der Waals surface area contributed by atoms with Gasteiger partial charge in [-0.2, -0.15) is 4.98 Å². The molecule has 3 aromatic carbocycles. The summed E-state index contributed by atoms with van der Waals surface area (Å²) in [4.78, 5) is 32.0. The van der Waals surface area contributed by atoms with Crippen LogP contribution in [0.15, 0.2) is 77.3 Å². The number of nitrogens with one attached hydrogen (secondary N) is 1. The third-order valence-corrected chi connectivity index (χ3v) is 6.75. The van der Waals surface area contributed by atoms with Gasteiger partial charge in [-0.15, -0.1) is 0 Å². The number of piperidine rings is 1. The van der Waals surface area contributed by atoms with Crippen molar-refractivity contribution in [3.8, 4) is 11.4 Å². The van der Waals surface area contributed by atoms with Crippen molar-refractivity contribution in [1.82, 2.24) is 15.0 Å². The van der Waals surface area contributed by atoms with E-state index in [0.717, 1.165) is 40.8 Å². The van der Waals surface area contributed by atoms with E-state index in [0.29, 0.717) is 30.4 Å². The van der Waals surface area contributed by atoms with E-state index < -0.39 is 0 Å². The van der Waals surface area contributed by atoms with E-state index in [4.69, 9.17) is 4.52 Å². The molecule has 36 heavy (non-hydrogen) atoms. The highest BCUT2D eigenvalue weighted by Crippen LogP contribution is 2.29. The molecular formula is C29H28N4O3. The topological polar surface area (TPSA) is 88.3 Å². The molecular weight excluding hydrogens is 452 g/mol. The van der Waals surface area contributed by atoms with E-state index in [-0.39, 0.29) is 17.7 Å². The highest BCUT2D eigenvalue weighted by molar-refractivity contribution is 6.04. The quantitative estimate of drug-likeness (QED) is 0.400. The number of aryl methyl sites for hydroxylation is 2. The van der Waals surface area contributed by atoms with Crippen LogP contribution < -0.4 is 5.32 Å². The van der Waals surface area contributed by atoms with Crippen LogP contribution in [0.5, 0.6) is 0 Å². The van der Waals surface area contributed by atoms with Crippen LogP contribution in [0.1, 0.15) is 56.5 Å². The number of nitrogens with zero attached hydrogens (tertiary/aromatic N) is 3. The molecule has 1 N–H and O–H groups in total. The Kier molecular flexibility index (Phi) is 6.62. The summed E-state index contributed by atoms with van der Waals surface area (Å²) in [6, 6.07) is 22.5. The molecule has 0 atom stereocenters. The van der Waals surface area contributed by atoms with Gasteiger partial charge in [0, 0.05) is 41.4 Å². The van der Waals surface area contributed by atoms with E-state index in [2.05, 4.69) is 15.5 Å². The first-order valence-electron chi connectivity index (χ1n) is 12.2. The van der Waals surface area contributed by atoms with Crippen molar-refractivity contribution in [2.75, 3.05) is 18.4 Å². The van der Waals surface area contributed by atoms with Crippen LogP contribution in [-0.2, 0) is 0 Å². The Balaban J connectivity index is 1.20. The van der Waals surface area contributed by atoms with Crippen molar-refractivity contribution < 1.29 is 14.1 Å². The summed E-state index contributed by atoms with van der Waals surface area (Å²) in [6.45, 7) is 5.22. The fraction of sp³-hybridized carbons (Fsp3) is 0.241. The van der Waals surface area contributed by atoms with Crippen LogP contribution in [0.3, 0.4) is 0 Å². The average Bonchev–Trinajstić information content (AvgIpc) is 3.40. The van der Waals surface area contributed by atoms with Gasteiger partial charge in [0.2, 0.25) is 11.7 Å². The van der Waals surface area contributed by atoms with Gasteiger partial charge in [-0.3, -0.25) is 9.59 Å². The second-order valence-corrected chi connectivity index (χ2v) is 9.18. The molecule has 2 heterocycles. The number of carbonyl (C=O) groups excluding carboxylic acids is 2. The lowest BCUT2D eigenvalue weighted by Crippen LogP contribution is -2.38. The average molecular weight is 481 g/mol. The summed E-state index contributed by atoms with van der Waals surface area (Å²) in [7, 11) is 0. The molecule has 0 radical (unpaired) electrons. The smallest absolute Gasteiger partial charge is 0.255 e. The van der Waals surface area contributed by atoms with Crippen LogP contribution in [0.25, 0.3) is 11.4 Å². The third-order valence-electron chi connectivity index (χ3n) is 6.75. The number of likely N-dealkylation sites (tertiary alicyclic amines) is 1. The van der Waals surface area contributed by atoms with Gasteiger partial charge in [-0.05, 0) is 62.1 Å². The summed E-state index contributed by atoms with van der Waals surface area (Å²) in [5.41, 5.74) is 4.88. The molecule has 4 aromatic rings. The van der Waals surface area contributed by atoms with Crippen molar-refractivity contribution in [3.05, 3.63) is 101 Å². The Labute approximate surface area is 210 Å². The van der Waals surface area contributed by atoms with Gasteiger partial charge in [-0.1, -0.05) is 53.7 Å². The monoisotopic (exact) mass is 480 g/mol. The Morgan fingerprint density at radius 1 is 0.889 bits per heavy atom. The lowest BCUT2D eigenvalue weighted by Gasteiger charge is -2.30. The molecule has 7 nitrogen and oxygen atoms in total. The van der Waals surface area contributed by atoms with Crippen LogP contribution in [0.4, 0.5) is 5.69 Å². The predicted molar refractivity (Wildman–Crippen MR) is 138 cm³/mol. The van der Waals surface area contributed by atoms with Crippen molar-refractivity contribution in [2.45, 2.75) is 32.6 Å². The maximum Gasteiger partial charge on any atom is 0.255 e. The van der Waals surface area contributed by atoms with Gasteiger partial charge in [0.1, 0.15) is 0 Å². The molecule has 5 rings (SSSR count). The zero-order chi connectivity index (χ0) is 25.1. The predicted octanol–water partition coefficient (Wildman–Crippen LogP) is 5.63. The number of hydrogen-bond donors (Lipinski definition) is 1. The Bertz CT molecular complexity index is 1390. The van der Waals surface area contributed by atoms with E-state index in [1.165, 1.54) is 0 Å². The fourth-order valence-electron chi connectivity index (χ4n) is 4.51. The lowest BCUT2D eigenvalue weighted by molar-refractivity contribution is 0.0703. The zero-order valence-corrected chi connectivity index (χ0v) is 20.4. The largest absolute Gasteiger partial charge is 0.339 e. The third kappa shape index (κ3) is 4.91. The number of carbonyl (C=O) groups is 2. The van der Waals surface area contributed by atoms with Crippen molar-refractivity contribution in [2.24, 2.45) is 0 Å². The van der Waals surface area contributed by atoms with E-state index >= 15 is 0 Å². The van der Waals surface area contributed by atoms with Crippen molar-refractivity contribution in [1.29, 1.82) is 0 Å². The number of aromatic nitrogens is 2. The summed E-state index contributed by atoms with van der Waals surface area (Å²) in [5, 5.41) is 7.10. The van der Waals surface area contributed by atoms with Crippen LogP contribution in [0.2, 0.25) is 0 Å². The molecule has 7 heteroatoms. The molecule has 182 valence electrons. The SMILES string of the molecule is Cc1ccccc1NC(=O)c1ccc(-c2noc(C3CCN(C(=O)c4ccccc4C)CC3)n2)cc1. The standard InChI is InChI=1S/C29H28N4O3/c1-19-7-3-5-9-24(19)29(35)33-17-15-23(16-18-33)28-31-26(32-36-28)21-11-13-22(14-12-21)27(34)30-25-10-6-4-8-20(25)2/h3-14,23H,15-18H2,1-2H3,(H,30,34). The minimum absolute atomic E-state index is 0.0734. The van der Waals surface area contributed by atoms with Gasteiger partial charge in [0.05, 0.1) is 0 Å². The Hall–Kier alpha value is -4.26. The zero-order valence-electron chi connectivity index (χ0n) is 20.4. The van der Waals surface area contributed by atoms with Crippen LogP contribution >= 0.6 is 0 Å². The molecule has 0 unspecified atom stereocenters. The number of para-hydroxylation sites is 1. The van der Waals surface area contributed by atoms with Gasteiger partial charge in [0.25, 0.3) is 11.8 Å². The maximum absolute atomic E-state index is 12.9. The summed E-state index contributed by atoms with van der Waals surface area (Å²) in [6.07, 6.45) is 1.55. The van der Waals surface area contributed by atoms with Crippen LogP contribution in [0, 0.1) is 13.8 Å². The van der Waals surface area contributed by atoms with E-state index in [1.54, 1.807) is 12.1 Å². The minimum atomic E-state index is -0.170. The molecule has 0 bridgehead atoms. The van der Waals surface area contributed by atoms with Gasteiger partial charge < -0.3 is 14.7 Å². The molecule has 1 fully saturated rings. The fourth-order valence-corrected chi connectivity index (χ4v) is 4.51. The van der Waals surface area contributed by atoms with E-state index in [1.807, 2.05) is 79.4 Å². The number of rotatable bonds is 5. The molecule has 1 aliphatic heterocycles. The lowest BCUT2D eigenvalue weighted by atomic mass is 9.96. The van der Waals surface area contributed by atoms with Crippen molar-refractivity contribution >= 4 is 17.5 Å². The molecule has 2 amide bonds. The molecule has 0 aliphatic carbocycles. The van der Waals surface area contributed by atoms with Gasteiger partial charge in [0.15, 0.2) is 0 Å². The first-order valence-corrected chi connectivity index (χ1v) is 12.2. The molecule has 0 saturated carbocycles.